The summed E-state index contributed by atoms with van der Waals surface area (Å²) >= 11 is 0. The number of hydrogen-bond acceptors (Lipinski definition) is 8. The van der Waals surface area contributed by atoms with Crippen molar-refractivity contribution < 1.29 is 13.9 Å². The summed E-state index contributed by atoms with van der Waals surface area (Å²) in [5.41, 5.74) is 4.77. The minimum atomic E-state index is -0.398. The first-order chi connectivity index (χ1) is 18.3. The Kier molecular flexibility index (Phi) is 5.70. The second kappa shape index (κ2) is 9.09. The number of imidazole rings is 1. The van der Waals surface area contributed by atoms with Crippen LogP contribution in [-0.2, 0) is 12.5 Å². The molecular formula is C27H28N8O3. The van der Waals surface area contributed by atoms with Crippen LogP contribution in [-0.4, -0.2) is 47.4 Å². The Morgan fingerprint density at radius 2 is 2.05 bits per heavy atom. The Labute approximate surface area is 218 Å². The molecule has 11 nitrogen and oxygen atoms in total. The van der Waals surface area contributed by atoms with Gasteiger partial charge in [-0.05, 0) is 30.5 Å². The summed E-state index contributed by atoms with van der Waals surface area (Å²) in [6.45, 7) is 6.42. The van der Waals surface area contributed by atoms with Crippen LogP contribution in [0.5, 0.6) is 5.75 Å². The van der Waals surface area contributed by atoms with Crippen LogP contribution in [0.25, 0.3) is 33.7 Å². The van der Waals surface area contributed by atoms with Crippen molar-refractivity contribution in [2.75, 3.05) is 6.61 Å². The number of ether oxygens (including phenoxy) is 1. The smallest absolute Gasteiger partial charge is 0.309 e. The number of H-pyrrole nitrogens is 1. The van der Waals surface area contributed by atoms with E-state index >= 15 is 0 Å². The molecule has 1 aliphatic heterocycles. The summed E-state index contributed by atoms with van der Waals surface area (Å²) in [6, 6.07) is 7.70. The molecule has 6 rings (SSSR count). The first kappa shape index (κ1) is 23.8. The van der Waals surface area contributed by atoms with Gasteiger partial charge in [0.25, 0.3) is 0 Å². The van der Waals surface area contributed by atoms with Crippen LogP contribution in [0.1, 0.15) is 61.8 Å². The van der Waals surface area contributed by atoms with E-state index in [0.29, 0.717) is 24.0 Å². The number of nitrogens with zero attached hydrogens (tertiary/aromatic N) is 6. The van der Waals surface area contributed by atoms with E-state index in [1.54, 1.807) is 17.1 Å². The van der Waals surface area contributed by atoms with E-state index in [2.05, 4.69) is 30.6 Å². The molecule has 194 valence electrons. The van der Waals surface area contributed by atoms with Crippen molar-refractivity contribution in [3.63, 3.8) is 0 Å². The summed E-state index contributed by atoms with van der Waals surface area (Å²) in [5, 5.41) is 15.3. The monoisotopic (exact) mass is 512 g/mol. The van der Waals surface area contributed by atoms with Gasteiger partial charge in [0.15, 0.2) is 5.65 Å². The van der Waals surface area contributed by atoms with Gasteiger partial charge in [0.2, 0.25) is 5.89 Å². The molecule has 0 spiro atoms. The van der Waals surface area contributed by atoms with Gasteiger partial charge in [0, 0.05) is 36.0 Å². The minimum absolute atomic E-state index is 0.0413. The number of nitrogens with one attached hydrogen (secondary N) is 2. The molecule has 2 N–H and O–H groups in total. The molecule has 4 aromatic heterocycles. The predicted octanol–water partition coefficient (Wildman–Crippen LogP) is 4.35. The van der Waals surface area contributed by atoms with Gasteiger partial charge in [-0.3, -0.25) is 9.48 Å². The molecule has 38 heavy (non-hydrogen) atoms. The molecule has 11 heteroatoms. The highest BCUT2D eigenvalue weighted by Crippen LogP contribution is 2.37. The number of carbonyl (C=O) groups is 1. The molecule has 5 aromatic rings. The third kappa shape index (κ3) is 4.40. The molecule has 0 bridgehead atoms. The fourth-order valence-electron chi connectivity index (χ4n) is 4.55. The highest BCUT2D eigenvalue weighted by Gasteiger charge is 2.27. The van der Waals surface area contributed by atoms with Crippen LogP contribution in [0.15, 0.2) is 47.3 Å². The summed E-state index contributed by atoms with van der Waals surface area (Å²) in [7, 11) is 1.87. The van der Waals surface area contributed by atoms with Crippen LogP contribution in [0.4, 0.5) is 0 Å². The van der Waals surface area contributed by atoms with Gasteiger partial charge in [-0.25, -0.2) is 9.97 Å². The van der Waals surface area contributed by atoms with Gasteiger partial charge in [0.05, 0.1) is 24.4 Å². The third-order valence-electron chi connectivity index (χ3n) is 6.52. The lowest BCUT2D eigenvalue weighted by Crippen LogP contribution is -2.28. The zero-order valence-electron chi connectivity index (χ0n) is 21.6. The van der Waals surface area contributed by atoms with Gasteiger partial charge in [-0.15, -0.1) is 10.2 Å². The molecule has 0 saturated heterocycles. The largest absolute Gasteiger partial charge is 0.493 e. The fraction of sp³-hybridized carbons (Fsp3) is 0.333. The zero-order valence-corrected chi connectivity index (χ0v) is 21.6. The Bertz CT molecular complexity index is 1640. The lowest BCUT2D eigenvalue weighted by molar-refractivity contribution is 0.0896. The van der Waals surface area contributed by atoms with Crippen molar-refractivity contribution in [3.05, 3.63) is 60.2 Å². The maximum atomic E-state index is 13.0. The number of hydrogen-bond donors (Lipinski definition) is 2. The number of amides is 1. The quantitative estimate of drug-likeness (QED) is 0.363. The molecule has 1 amide bonds. The van der Waals surface area contributed by atoms with Crippen molar-refractivity contribution in [3.8, 4) is 28.3 Å². The lowest BCUT2D eigenvalue weighted by atomic mass is 9.97. The summed E-state index contributed by atoms with van der Waals surface area (Å²) in [4.78, 5) is 25.5. The standard InChI is InChI=1S/C27H28N8O3/c1-27(2,3)26-34-33-25(38-26)24(36)30-19-6-5-11-37-20-12-15(7-8-18(19)20)17-9-10-28-23-21(17)31-22(32-23)16-13-29-35(4)14-16/h7-10,12-14,19H,5-6,11H2,1-4H3,(H,30,36)(H,28,31,32)/t19-/m1/s1. The predicted molar refractivity (Wildman–Crippen MR) is 139 cm³/mol. The number of pyridine rings is 1. The second-order valence-corrected chi connectivity index (χ2v) is 10.5. The molecule has 0 aliphatic carbocycles. The first-order valence-corrected chi connectivity index (χ1v) is 12.5. The summed E-state index contributed by atoms with van der Waals surface area (Å²) < 4.78 is 13.5. The number of aryl methyl sites for hydroxylation is 1. The lowest BCUT2D eigenvalue weighted by Gasteiger charge is -2.18. The molecule has 1 aliphatic rings. The topological polar surface area (TPSA) is 137 Å². The number of rotatable bonds is 4. The number of aromatic nitrogens is 7. The van der Waals surface area contributed by atoms with E-state index < -0.39 is 5.91 Å². The molecule has 0 saturated carbocycles. The maximum absolute atomic E-state index is 13.0. The molecular weight excluding hydrogens is 484 g/mol. The summed E-state index contributed by atoms with van der Waals surface area (Å²) in [5.74, 6) is 1.41. The second-order valence-electron chi connectivity index (χ2n) is 10.5. The SMILES string of the molecule is Cn1cc(-c2nc3c(-c4ccc5c(c4)OCCC[C@H]5NC(=O)c4nnc(C(C)(C)C)o4)ccnc3[nH]2)cn1. The molecule has 0 fully saturated rings. The number of fused-ring (bicyclic) bond motifs is 2. The van der Waals surface area contributed by atoms with Crippen molar-refractivity contribution >= 4 is 17.1 Å². The maximum Gasteiger partial charge on any atom is 0.309 e. The van der Waals surface area contributed by atoms with E-state index in [0.717, 1.165) is 46.4 Å². The van der Waals surface area contributed by atoms with E-state index in [1.807, 2.05) is 58.3 Å². The van der Waals surface area contributed by atoms with Crippen LogP contribution in [0, 0.1) is 0 Å². The molecule has 0 unspecified atom stereocenters. The summed E-state index contributed by atoms with van der Waals surface area (Å²) in [6.07, 6.45) is 6.94. The Hall–Kier alpha value is -4.54. The van der Waals surface area contributed by atoms with E-state index in [4.69, 9.17) is 14.1 Å². The van der Waals surface area contributed by atoms with Gasteiger partial charge in [-0.2, -0.15) is 5.10 Å². The van der Waals surface area contributed by atoms with Crippen molar-refractivity contribution in [1.82, 2.24) is 40.2 Å². The van der Waals surface area contributed by atoms with Crippen LogP contribution >= 0.6 is 0 Å². The Balaban J connectivity index is 1.31. The highest BCUT2D eigenvalue weighted by atomic mass is 16.5. The molecule has 1 aromatic carbocycles. The normalized spacial score (nSPS) is 15.6. The first-order valence-electron chi connectivity index (χ1n) is 12.5. The van der Waals surface area contributed by atoms with Crippen LogP contribution in [0.2, 0.25) is 0 Å². The average molecular weight is 513 g/mol. The minimum Gasteiger partial charge on any atom is -0.493 e. The molecule has 1 atom stereocenters. The van der Waals surface area contributed by atoms with E-state index in [-0.39, 0.29) is 17.3 Å². The molecule has 0 radical (unpaired) electrons. The van der Waals surface area contributed by atoms with E-state index in [1.165, 1.54) is 0 Å². The van der Waals surface area contributed by atoms with Crippen LogP contribution < -0.4 is 10.1 Å². The fourth-order valence-corrected chi connectivity index (χ4v) is 4.55. The Morgan fingerprint density at radius 3 is 2.82 bits per heavy atom. The van der Waals surface area contributed by atoms with Crippen molar-refractivity contribution in [1.29, 1.82) is 0 Å². The van der Waals surface area contributed by atoms with Gasteiger partial charge < -0.3 is 19.5 Å². The van der Waals surface area contributed by atoms with E-state index in [9.17, 15) is 4.79 Å². The Morgan fingerprint density at radius 1 is 1.18 bits per heavy atom. The van der Waals surface area contributed by atoms with Gasteiger partial charge in [0.1, 0.15) is 17.1 Å². The van der Waals surface area contributed by atoms with Crippen LogP contribution in [0.3, 0.4) is 0 Å². The highest BCUT2D eigenvalue weighted by molar-refractivity contribution is 5.92. The van der Waals surface area contributed by atoms with Crippen molar-refractivity contribution in [2.45, 2.75) is 45.1 Å². The average Bonchev–Trinajstić information content (AvgIpc) is 3.62. The number of carbonyl (C=O) groups excluding carboxylic acids is 1. The number of aromatic amines is 1. The molecule has 5 heterocycles. The third-order valence-corrected chi connectivity index (χ3v) is 6.52. The number of benzene rings is 1. The van der Waals surface area contributed by atoms with Gasteiger partial charge in [-0.1, -0.05) is 32.9 Å². The van der Waals surface area contributed by atoms with Gasteiger partial charge >= 0.3 is 11.8 Å². The zero-order chi connectivity index (χ0) is 26.4. The van der Waals surface area contributed by atoms with Crippen molar-refractivity contribution in [2.24, 2.45) is 7.05 Å².